The van der Waals surface area contributed by atoms with E-state index in [-0.39, 0.29) is 10.8 Å². The maximum absolute atomic E-state index is 11.3. The Morgan fingerprint density at radius 2 is 1.79 bits per heavy atom. The van der Waals surface area contributed by atoms with E-state index in [0.29, 0.717) is 23.0 Å². The van der Waals surface area contributed by atoms with Crippen molar-refractivity contribution < 1.29 is 8.42 Å². The summed E-state index contributed by atoms with van der Waals surface area (Å²) in [6.45, 7) is 0.392. The molecule has 6 nitrogen and oxygen atoms in total. The largest absolute Gasteiger partial charge is 0.263 e. The molecule has 1 heterocycles. The molecule has 2 N–H and O–H groups in total. The van der Waals surface area contributed by atoms with Gasteiger partial charge in [0.15, 0.2) is 0 Å². The first-order chi connectivity index (χ1) is 11.4. The normalized spacial score (nSPS) is 17.5. The molecule has 0 aliphatic carbocycles. The SMILES string of the molecule is N#CC1CN(c2ccc(S(N)(=O)=O)cc2)N=C1c1ccc(Cl)cc1. The highest BCUT2D eigenvalue weighted by atomic mass is 35.5. The number of nitriles is 1. The van der Waals surface area contributed by atoms with Crippen molar-refractivity contribution in [2.75, 3.05) is 11.6 Å². The minimum absolute atomic E-state index is 0.0317. The van der Waals surface area contributed by atoms with Crippen LogP contribution in [0.1, 0.15) is 5.56 Å². The first-order valence-electron chi connectivity index (χ1n) is 7.03. The van der Waals surface area contributed by atoms with Gasteiger partial charge in [0.25, 0.3) is 0 Å². The predicted octanol–water partition coefficient (Wildman–Crippen LogP) is 2.35. The number of nitrogens with zero attached hydrogens (tertiary/aromatic N) is 3. The molecule has 0 radical (unpaired) electrons. The molecule has 1 atom stereocenters. The molecule has 0 spiro atoms. The van der Waals surface area contributed by atoms with E-state index >= 15 is 0 Å². The summed E-state index contributed by atoms with van der Waals surface area (Å²) < 4.78 is 22.6. The first-order valence-corrected chi connectivity index (χ1v) is 8.95. The lowest BCUT2D eigenvalue weighted by Crippen LogP contribution is -2.18. The third-order valence-corrected chi connectivity index (χ3v) is 4.85. The number of primary sulfonamides is 1. The summed E-state index contributed by atoms with van der Waals surface area (Å²) in [5.41, 5.74) is 2.17. The lowest BCUT2D eigenvalue weighted by molar-refractivity contribution is 0.598. The zero-order valence-corrected chi connectivity index (χ0v) is 14.0. The van der Waals surface area contributed by atoms with E-state index in [0.717, 1.165) is 5.56 Å². The number of halogens is 1. The number of benzene rings is 2. The van der Waals surface area contributed by atoms with Gasteiger partial charge in [0.2, 0.25) is 10.0 Å². The molecule has 1 aliphatic heterocycles. The highest BCUT2D eigenvalue weighted by Crippen LogP contribution is 2.26. The lowest BCUT2D eigenvalue weighted by atomic mass is 9.99. The summed E-state index contributed by atoms with van der Waals surface area (Å²) in [4.78, 5) is 0.0317. The van der Waals surface area contributed by atoms with E-state index in [9.17, 15) is 13.7 Å². The Morgan fingerprint density at radius 3 is 2.33 bits per heavy atom. The molecule has 0 saturated heterocycles. The van der Waals surface area contributed by atoms with Crippen LogP contribution < -0.4 is 10.1 Å². The number of hydrogen-bond donors (Lipinski definition) is 1. The highest BCUT2D eigenvalue weighted by molar-refractivity contribution is 7.89. The van der Waals surface area contributed by atoms with Crippen LogP contribution in [0.4, 0.5) is 5.69 Å². The maximum Gasteiger partial charge on any atom is 0.238 e. The summed E-state index contributed by atoms with van der Waals surface area (Å²) in [5, 5.41) is 21.3. The number of sulfonamides is 1. The number of anilines is 1. The van der Waals surface area contributed by atoms with Gasteiger partial charge in [-0.05, 0) is 42.0 Å². The minimum atomic E-state index is -3.74. The summed E-state index contributed by atoms with van der Waals surface area (Å²) in [6.07, 6.45) is 0. The van der Waals surface area contributed by atoms with Gasteiger partial charge in [-0.3, -0.25) is 5.01 Å². The van der Waals surface area contributed by atoms with Crippen LogP contribution in [0.2, 0.25) is 5.02 Å². The second kappa shape index (κ2) is 6.24. The number of rotatable bonds is 3. The van der Waals surface area contributed by atoms with Gasteiger partial charge in [-0.15, -0.1) is 0 Å². The van der Waals surface area contributed by atoms with E-state index < -0.39 is 10.0 Å². The molecular formula is C16H13ClN4O2S. The standard InChI is InChI=1S/C16H13ClN4O2S/c17-13-3-1-11(2-4-13)16-12(9-18)10-21(20-16)14-5-7-15(8-6-14)24(19,22)23/h1-8,12H,10H2,(H2,19,22,23). The summed E-state index contributed by atoms with van der Waals surface area (Å²) in [7, 11) is -3.74. The van der Waals surface area contributed by atoms with Gasteiger partial charge in [-0.1, -0.05) is 23.7 Å². The molecule has 2 aromatic rings. The van der Waals surface area contributed by atoms with Crippen molar-refractivity contribution in [1.82, 2.24) is 0 Å². The van der Waals surface area contributed by atoms with Crippen molar-refractivity contribution in [3.8, 4) is 6.07 Å². The van der Waals surface area contributed by atoms with E-state index in [1.165, 1.54) is 12.1 Å². The van der Waals surface area contributed by atoms with Gasteiger partial charge in [0.1, 0.15) is 5.92 Å². The van der Waals surface area contributed by atoms with E-state index in [2.05, 4.69) is 11.2 Å². The van der Waals surface area contributed by atoms with Crippen LogP contribution in [-0.4, -0.2) is 20.7 Å². The Morgan fingerprint density at radius 1 is 1.17 bits per heavy atom. The smallest absolute Gasteiger partial charge is 0.238 e. The third-order valence-electron chi connectivity index (χ3n) is 3.67. The molecule has 0 fully saturated rings. The van der Waals surface area contributed by atoms with Crippen LogP contribution in [0.3, 0.4) is 0 Å². The van der Waals surface area contributed by atoms with Crippen LogP contribution in [0.5, 0.6) is 0 Å². The Kier molecular flexibility index (Phi) is 4.28. The van der Waals surface area contributed by atoms with Crippen LogP contribution in [-0.2, 0) is 10.0 Å². The maximum atomic E-state index is 11.3. The molecule has 1 unspecified atom stereocenters. The van der Waals surface area contributed by atoms with Crippen molar-refractivity contribution in [3.05, 3.63) is 59.1 Å². The molecule has 122 valence electrons. The Balaban J connectivity index is 1.93. The molecule has 2 aromatic carbocycles. The van der Waals surface area contributed by atoms with E-state index in [1.807, 2.05) is 12.1 Å². The van der Waals surface area contributed by atoms with Crippen molar-refractivity contribution in [1.29, 1.82) is 5.26 Å². The molecule has 24 heavy (non-hydrogen) atoms. The topological polar surface area (TPSA) is 99.5 Å². The molecule has 0 bridgehead atoms. The van der Waals surface area contributed by atoms with Crippen molar-refractivity contribution >= 4 is 33.0 Å². The predicted molar refractivity (Wildman–Crippen MR) is 92.3 cm³/mol. The Hall–Kier alpha value is -2.40. The summed E-state index contributed by atoms with van der Waals surface area (Å²) in [6, 6.07) is 15.4. The molecule has 0 aromatic heterocycles. The minimum Gasteiger partial charge on any atom is -0.263 e. The van der Waals surface area contributed by atoms with Gasteiger partial charge in [-0.25, -0.2) is 13.6 Å². The number of nitrogens with two attached hydrogens (primary N) is 1. The zero-order chi connectivity index (χ0) is 17.3. The fourth-order valence-electron chi connectivity index (χ4n) is 2.45. The van der Waals surface area contributed by atoms with Crippen molar-refractivity contribution in [2.45, 2.75) is 4.90 Å². The molecule has 3 rings (SSSR count). The zero-order valence-electron chi connectivity index (χ0n) is 12.4. The van der Waals surface area contributed by atoms with Crippen LogP contribution >= 0.6 is 11.6 Å². The van der Waals surface area contributed by atoms with Crippen LogP contribution in [0, 0.1) is 17.2 Å². The average Bonchev–Trinajstić information content (AvgIpc) is 2.99. The molecule has 8 heteroatoms. The Labute approximate surface area is 144 Å². The highest BCUT2D eigenvalue weighted by Gasteiger charge is 2.28. The van der Waals surface area contributed by atoms with Gasteiger partial charge in [-0.2, -0.15) is 10.4 Å². The van der Waals surface area contributed by atoms with Crippen LogP contribution in [0.15, 0.2) is 58.5 Å². The van der Waals surface area contributed by atoms with Gasteiger partial charge in [0.05, 0.1) is 28.9 Å². The molecular weight excluding hydrogens is 348 g/mol. The third kappa shape index (κ3) is 3.26. The second-order valence-electron chi connectivity index (χ2n) is 5.29. The summed E-state index contributed by atoms with van der Waals surface area (Å²) >= 11 is 5.89. The quantitative estimate of drug-likeness (QED) is 0.907. The van der Waals surface area contributed by atoms with Crippen LogP contribution in [0.25, 0.3) is 0 Å². The molecule has 1 aliphatic rings. The number of hydrogen-bond acceptors (Lipinski definition) is 5. The fraction of sp³-hybridized carbons (Fsp3) is 0.125. The fourth-order valence-corrected chi connectivity index (χ4v) is 3.09. The van der Waals surface area contributed by atoms with Gasteiger partial charge < -0.3 is 0 Å². The second-order valence-corrected chi connectivity index (χ2v) is 7.29. The summed E-state index contributed by atoms with van der Waals surface area (Å²) in [5.74, 6) is -0.385. The lowest BCUT2D eigenvalue weighted by Gasteiger charge is -2.14. The number of hydrazone groups is 1. The average molecular weight is 361 g/mol. The van der Waals surface area contributed by atoms with Gasteiger partial charge >= 0.3 is 0 Å². The first kappa shape index (κ1) is 16.5. The Bertz CT molecular complexity index is 932. The monoisotopic (exact) mass is 360 g/mol. The van der Waals surface area contributed by atoms with Crippen molar-refractivity contribution in [2.24, 2.45) is 16.2 Å². The molecule has 0 amide bonds. The van der Waals surface area contributed by atoms with Crippen molar-refractivity contribution in [3.63, 3.8) is 0 Å². The van der Waals surface area contributed by atoms with Gasteiger partial charge in [0, 0.05) is 5.02 Å². The molecule has 0 saturated carbocycles. The van der Waals surface area contributed by atoms with E-state index in [4.69, 9.17) is 16.7 Å². The van der Waals surface area contributed by atoms with E-state index in [1.54, 1.807) is 29.3 Å².